The van der Waals surface area contributed by atoms with Gasteiger partial charge in [-0.3, -0.25) is 0 Å². The number of H-pyrrole nitrogens is 1. The van der Waals surface area contributed by atoms with E-state index in [9.17, 15) is 0 Å². The van der Waals surface area contributed by atoms with E-state index in [0.717, 1.165) is 28.2 Å². The van der Waals surface area contributed by atoms with Gasteiger partial charge < -0.3 is 9.72 Å². The zero-order valence-corrected chi connectivity index (χ0v) is 13.0. The Morgan fingerprint density at radius 3 is 2.48 bits per heavy atom. The number of nitrogens with one attached hydrogen (secondary N) is 1. The van der Waals surface area contributed by atoms with E-state index < -0.39 is 0 Å². The zero-order valence-electron chi connectivity index (χ0n) is 12.3. The molecule has 2 aromatic carbocycles. The highest BCUT2D eigenvalue weighted by molar-refractivity contribution is 6.35. The Hall–Kier alpha value is -2.00. The summed E-state index contributed by atoms with van der Waals surface area (Å²) in [6.45, 7) is 4.37. The maximum Gasteiger partial charge on any atom is 0.138 e. The van der Waals surface area contributed by atoms with Gasteiger partial charge in [-0.05, 0) is 11.5 Å². The standard InChI is InChI=1S/C17H17ClN2O/c1-10(2)11-4-6-12(7-5-11)17-19-15-9-13(21-3)8-14(18)16(15)20-17/h4-10H,1-3H3,(H,19,20). The lowest BCUT2D eigenvalue weighted by Crippen LogP contribution is -1.87. The quantitative estimate of drug-likeness (QED) is 0.738. The number of imidazole rings is 1. The average Bonchev–Trinajstić information content (AvgIpc) is 2.91. The van der Waals surface area contributed by atoms with Crippen molar-refractivity contribution in [3.8, 4) is 17.1 Å². The molecule has 1 N–H and O–H groups in total. The van der Waals surface area contributed by atoms with Crippen LogP contribution in [0.3, 0.4) is 0 Å². The molecule has 108 valence electrons. The Morgan fingerprint density at radius 1 is 1.14 bits per heavy atom. The molecule has 0 aliphatic heterocycles. The molecular formula is C17H17ClN2O. The summed E-state index contributed by atoms with van der Waals surface area (Å²) in [5.41, 5.74) is 4.00. The first-order valence-corrected chi connectivity index (χ1v) is 7.30. The molecule has 3 nitrogen and oxygen atoms in total. The molecule has 0 fully saturated rings. The Balaban J connectivity index is 2.06. The van der Waals surface area contributed by atoms with Crippen LogP contribution in [0.25, 0.3) is 22.4 Å². The predicted octanol–water partition coefficient (Wildman–Crippen LogP) is 5.02. The third kappa shape index (κ3) is 2.61. The van der Waals surface area contributed by atoms with Gasteiger partial charge in [0.2, 0.25) is 0 Å². The number of aromatic nitrogens is 2. The lowest BCUT2D eigenvalue weighted by Gasteiger charge is -2.05. The number of ether oxygens (including phenoxy) is 1. The molecule has 3 aromatic rings. The van der Waals surface area contributed by atoms with Crippen molar-refractivity contribution in [2.24, 2.45) is 0 Å². The van der Waals surface area contributed by atoms with Crippen molar-refractivity contribution in [2.75, 3.05) is 7.11 Å². The number of hydrogen-bond donors (Lipinski definition) is 1. The summed E-state index contributed by atoms with van der Waals surface area (Å²) < 4.78 is 5.23. The van der Waals surface area contributed by atoms with E-state index in [1.54, 1.807) is 13.2 Å². The molecule has 21 heavy (non-hydrogen) atoms. The summed E-state index contributed by atoms with van der Waals surface area (Å²) in [5, 5.41) is 0.589. The van der Waals surface area contributed by atoms with Gasteiger partial charge in [0.05, 0.1) is 17.6 Å². The average molecular weight is 301 g/mol. The van der Waals surface area contributed by atoms with Crippen molar-refractivity contribution >= 4 is 22.6 Å². The Morgan fingerprint density at radius 2 is 1.86 bits per heavy atom. The minimum absolute atomic E-state index is 0.522. The first-order chi connectivity index (χ1) is 10.1. The van der Waals surface area contributed by atoms with Gasteiger partial charge in [-0.15, -0.1) is 0 Å². The van der Waals surface area contributed by atoms with Crippen LogP contribution in [0.15, 0.2) is 36.4 Å². The van der Waals surface area contributed by atoms with Gasteiger partial charge >= 0.3 is 0 Å². The summed E-state index contributed by atoms with van der Waals surface area (Å²) in [6, 6.07) is 12.1. The molecule has 0 saturated carbocycles. The van der Waals surface area contributed by atoms with E-state index in [4.69, 9.17) is 16.3 Å². The molecule has 0 amide bonds. The highest BCUT2D eigenvalue weighted by Gasteiger charge is 2.10. The molecule has 0 saturated heterocycles. The maximum atomic E-state index is 6.25. The van der Waals surface area contributed by atoms with Crippen molar-refractivity contribution in [1.82, 2.24) is 9.97 Å². The van der Waals surface area contributed by atoms with E-state index in [0.29, 0.717) is 10.9 Å². The molecule has 0 spiro atoms. The lowest BCUT2D eigenvalue weighted by atomic mass is 10.0. The fourth-order valence-electron chi connectivity index (χ4n) is 2.33. The fourth-order valence-corrected chi connectivity index (χ4v) is 2.58. The van der Waals surface area contributed by atoms with Gasteiger partial charge in [0.1, 0.15) is 17.1 Å². The molecule has 1 aromatic heterocycles. The van der Waals surface area contributed by atoms with Crippen molar-refractivity contribution in [3.05, 3.63) is 47.0 Å². The molecule has 3 rings (SSSR count). The summed E-state index contributed by atoms with van der Waals surface area (Å²) in [5.74, 6) is 2.06. The van der Waals surface area contributed by atoms with E-state index in [1.807, 2.05) is 6.07 Å². The lowest BCUT2D eigenvalue weighted by molar-refractivity contribution is 0.415. The first-order valence-electron chi connectivity index (χ1n) is 6.92. The maximum absolute atomic E-state index is 6.25. The highest BCUT2D eigenvalue weighted by atomic mass is 35.5. The Kier molecular flexibility index (Phi) is 3.60. The third-order valence-electron chi connectivity index (χ3n) is 3.60. The first kappa shape index (κ1) is 14.0. The summed E-state index contributed by atoms with van der Waals surface area (Å²) in [7, 11) is 1.62. The van der Waals surface area contributed by atoms with Crippen molar-refractivity contribution in [3.63, 3.8) is 0 Å². The third-order valence-corrected chi connectivity index (χ3v) is 3.89. The molecule has 0 aliphatic rings. The summed E-state index contributed by atoms with van der Waals surface area (Å²) in [6.07, 6.45) is 0. The van der Waals surface area contributed by atoms with E-state index in [1.165, 1.54) is 5.56 Å². The number of fused-ring (bicyclic) bond motifs is 1. The van der Waals surface area contributed by atoms with Crippen LogP contribution in [0.5, 0.6) is 5.75 Å². The van der Waals surface area contributed by atoms with Gasteiger partial charge in [0.25, 0.3) is 0 Å². The minimum Gasteiger partial charge on any atom is -0.497 e. The summed E-state index contributed by atoms with van der Waals surface area (Å²) in [4.78, 5) is 7.89. The minimum atomic E-state index is 0.522. The van der Waals surface area contributed by atoms with E-state index in [2.05, 4.69) is 48.1 Å². The van der Waals surface area contributed by atoms with Crippen molar-refractivity contribution in [2.45, 2.75) is 19.8 Å². The smallest absolute Gasteiger partial charge is 0.138 e. The van der Waals surface area contributed by atoms with Crippen LogP contribution in [0.1, 0.15) is 25.3 Å². The second kappa shape index (κ2) is 5.41. The van der Waals surface area contributed by atoms with Crippen LogP contribution < -0.4 is 4.74 Å². The zero-order chi connectivity index (χ0) is 15.0. The monoisotopic (exact) mass is 300 g/mol. The molecular weight excluding hydrogens is 284 g/mol. The van der Waals surface area contributed by atoms with Crippen LogP contribution in [0.2, 0.25) is 5.02 Å². The second-order valence-corrected chi connectivity index (χ2v) is 5.77. The molecule has 4 heteroatoms. The fraction of sp³-hybridized carbons (Fsp3) is 0.235. The van der Waals surface area contributed by atoms with E-state index >= 15 is 0 Å². The van der Waals surface area contributed by atoms with Crippen LogP contribution in [-0.2, 0) is 0 Å². The number of benzene rings is 2. The number of rotatable bonds is 3. The number of nitrogens with zero attached hydrogens (tertiary/aromatic N) is 1. The molecule has 0 atom stereocenters. The molecule has 1 heterocycles. The second-order valence-electron chi connectivity index (χ2n) is 5.37. The SMILES string of the molecule is COc1cc(Cl)c2nc(-c3ccc(C(C)C)cc3)[nH]c2c1. The molecule has 0 aliphatic carbocycles. The Bertz CT molecular complexity index is 775. The van der Waals surface area contributed by atoms with Gasteiger partial charge in [0, 0.05) is 17.7 Å². The van der Waals surface area contributed by atoms with Gasteiger partial charge in [0.15, 0.2) is 0 Å². The van der Waals surface area contributed by atoms with Crippen LogP contribution >= 0.6 is 11.6 Å². The van der Waals surface area contributed by atoms with Gasteiger partial charge in [-0.1, -0.05) is 49.7 Å². The largest absolute Gasteiger partial charge is 0.497 e. The number of methoxy groups -OCH3 is 1. The molecule has 0 bridgehead atoms. The number of aromatic amines is 1. The number of hydrogen-bond acceptors (Lipinski definition) is 2. The van der Waals surface area contributed by atoms with Crippen LogP contribution in [0, 0.1) is 0 Å². The normalized spacial score (nSPS) is 11.3. The van der Waals surface area contributed by atoms with Gasteiger partial charge in [-0.25, -0.2) is 4.98 Å². The topological polar surface area (TPSA) is 37.9 Å². The van der Waals surface area contributed by atoms with Crippen molar-refractivity contribution in [1.29, 1.82) is 0 Å². The highest BCUT2D eigenvalue weighted by Crippen LogP contribution is 2.30. The predicted molar refractivity (Wildman–Crippen MR) is 87.2 cm³/mol. The van der Waals surface area contributed by atoms with E-state index in [-0.39, 0.29) is 0 Å². The summed E-state index contributed by atoms with van der Waals surface area (Å²) >= 11 is 6.25. The number of halogens is 1. The van der Waals surface area contributed by atoms with Crippen molar-refractivity contribution < 1.29 is 4.74 Å². The molecule has 0 unspecified atom stereocenters. The van der Waals surface area contributed by atoms with Crippen LogP contribution in [-0.4, -0.2) is 17.1 Å². The molecule has 0 radical (unpaired) electrons. The van der Waals surface area contributed by atoms with Gasteiger partial charge in [-0.2, -0.15) is 0 Å². The van der Waals surface area contributed by atoms with Crippen LogP contribution in [0.4, 0.5) is 0 Å². The Labute approximate surface area is 128 Å².